The van der Waals surface area contributed by atoms with E-state index < -0.39 is 17.8 Å². The first-order valence-corrected chi connectivity index (χ1v) is 7.58. The highest BCUT2D eigenvalue weighted by Gasteiger charge is 2.15. The van der Waals surface area contributed by atoms with E-state index in [1.165, 1.54) is 0 Å². The zero-order chi connectivity index (χ0) is 17.6. The number of hydrogen-bond donors (Lipinski definition) is 3. The molecule has 0 saturated heterocycles. The normalized spacial score (nSPS) is 11.0. The summed E-state index contributed by atoms with van der Waals surface area (Å²) in [5, 5.41) is 5.05. The maximum atomic E-state index is 11.3. The Hall–Kier alpha value is -1.58. The number of amides is 2. The van der Waals surface area contributed by atoms with Crippen LogP contribution in [-0.4, -0.2) is 70.5 Å². The lowest BCUT2D eigenvalue weighted by Gasteiger charge is -2.19. The topological polar surface area (TPSA) is 121 Å². The SMILES string of the molecule is CC(C)(C)OC(=O)NCCOCCOCCOC(=O)NCCN. The van der Waals surface area contributed by atoms with Crippen LogP contribution >= 0.6 is 0 Å². The highest BCUT2D eigenvalue weighted by atomic mass is 16.6. The summed E-state index contributed by atoms with van der Waals surface area (Å²) in [6, 6.07) is 0. The highest BCUT2D eigenvalue weighted by molar-refractivity contribution is 5.67. The van der Waals surface area contributed by atoms with Crippen LogP contribution in [0.25, 0.3) is 0 Å². The van der Waals surface area contributed by atoms with E-state index in [2.05, 4.69) is 10.6 Å². The van der Waals surface area contributed by atoms with Gasteiger partial charge < -0.3 is 35.3 Å². The van der Waals surface area contributed by atoms with Crippen molar-refractivity contribution in [1.29, 1.82) is 0 Å². The van der Waals surface area contributed by atoms with Gasteiger partial charge in [-0.05, 0) is 20.8 Å². The van der Waals surface area contributed by atoms with Crippen LogP contribution in [0.15, 0.2) is 0 Å². The molecule has 0 fully saturated rings. The van der Waals surface area contributed by atoms with Crippen molar-refractivity contribution in [3.8, 4) is 0 Å². The molecule has 4 N–H and O–H groups in total. The van der Waals surface area contributed by atoms with Crippen LogP contribution in [0.4, 0.5) is 9.59 Å². The van der Waals surface area contributed by atoms with Crippen LogP contribution in [0.2, 0.25) is 0 Å². The third-order valence-corrected chi connectivity index (χ3v) is 2.16. The van der Waals surface area contributed by atoms with Crippen molar-refractivity contribution >= 4 is 12.2 Å². The third kappa shape index (κ3) is 16.6. The van der Waals surface area contributed by atoms with Gasteiger partial charge in [-0.1, -0.05) is 0 Å². The lowest BCUT2D eigenvalue weighted by atomic mass is 10.2. The van der Waals surface area contributed by atoms with Crippen LogP contribution in [0.5, 0.6) is 0 Å². The van der Waals surface area contributed by atoms with Gasteiger partial charge in [0.15, 0.2) is 0 Å². The van der Waals surface area contributed by atoms with Crippen LogP contribution in [0, 0.1) is 0 Å². The van der Waals surface area contributed by atoms with Crippen LogP contribution in [0.3, 0.4) is 0 Å². The van der Waals surface area contributed by atoms with Gasteiger partial charge in [-0.25, -0.2) is 9.59 Å². The van der Waals surface area contributed by atoms with Crippen molar-refractivity contribution in [2.24, 2.45) is 5.73 Å². The minimum absolute atomic E-state index is 0.163. The monoisotopic (exact) mass is 335 g/mol. The molecular formula is C14H29N3O6. The predicted octanol–water partition coefficient (Wildman–Crippen LogP) is 0.229. The number of rotatable bonds is 11. The summed E-state index contributed by atoms with van der Waals surface area (Å²) in [6.45, 7) is 8.07. The first-order chi connectivity index (χ1) is 10.8. The van der Waals surface area contributed by atoms with Gasteiger partial charge in [0, 0.05) is 19.6 Å². The fraction of sp³-hybridized carbons (Fsp3) is 0.857. The molecule has 0 aromatic carbocycles. The third-order valence-electron chi connectivity index (χ3n) is 2.16. The van der Waals surface area contributed by atoms with Crippen molar-refractivity contribution in [2.45, 2.75) is 26.4 Å². The Labute approximate surface area is 137 Å². The van der Waals surface area contributed by atoms with E-state index in [0.717, 1.165) is 0 Å². The minimum atomic E-state index is -0.512. The van der Waals surface area contributed by atoms with Crippen molar-refractivity contribution in [3.05, 3.63) is 0 Å². The minimum Gasteiger partial charge on any atom is -0.447 e. The standard InChI is InChI=1S/C14H29N3O6/c1-14(2,3)23-13(19)17-6-7-20-8-9-21-10-11-22-12(18)16-5-4-15/h4-11,15H2,1-3H3,(H,16,18)(H,17,19). The van der Waals surface area contributed by atoms with E-state index in [4.69, 9.17) is 24.7 Å². The Morgan fingerprint density at radius 2 is 1.43 bits per heavy atom. The molecule has 0 aromatic rings. The zero-order valence-electron chi connectivity index (χ0n) is 14.2. The molecule has 0 bridgehead atoms. The van der Waals surface area contributed by atoms with E-state index in [-0.39, 0.29) is 13.2 Å². The van der Waals surface area contributed by atoms with E-state index in [0.29, 0.717) is 39.5 Å². The van der Waals surface area contributed by atoms with Gasteiger partial charge in [0.05, 0.1) is 26.4 Å². The fourth-order valence-electron chi connectivity index (χ4n) is 1.28. The predicted molar refractivity (Wildman–Crippen MR) is 84.3 cm³/mol. The first kappa shape index (κ1) is 21.4. The van der Waals surface area contributed by atoms with E-state index in [1.807, 2.05) is 0 Å². The molecule has 23 heavy (non-hydrogen) atoms. The van der Waals surface area contributed by atoms with Crippen LogP contribution in [0.1, 0.15) is 20.8 Å². The van der Waals surface area contributed by atoms with Crippen molar-refractivity contribution in [1.82, 2.24) is 10.6 Å². The molecule has 0 aliphatic heterocycles. The molecular weight excluding hydrogens is 306 g/mol. The molecule has 136 valence electrons. The lowest BCUT2D eigenvalue weighted by Crippen LogP contribution is -2.34. The molecule has 9 nitrogen and oxygen atoms in total. The second-order valence-corrected chi connectivity index (χ2v) is 5.50. The second kappa shape index (κ2) is 12.9. The zero-order valence-corrected chi connectivity index (χ0v) is 14.2. The molecule has 0 spiro atoms. The summed E-state index contributed by atoms with van der Waals surface area (Å²) in [7, 11) is 0. The Bertz CT molecular complexity index is 333. The van der Waals surface area contributed by atoms with E-state index in [1.54, 1.807) is 20.8 Å². The fourth-order valence-corrected chi connectivity index (χ4v) is 1.28. The van der Waals surface area contributed by atoms with Gasteiger partial charge in [0.1, 0.15) is 12.2 Å². The Kier molecular flexibility index (Phi) is 12.0. The summed E-state index contributed by atoms with van der Waals surface area (Å²) < 4.78 is 20.4. The quantitative estimate of drug-likeness (QED) is 0.462. The van der Waals surface area contributed by atoms with Gasteiger partial charge >= 0.3 is 12.2 Å². The number of alkyl carbamates (subject to hydrolysis) is 2. The molecule has 0 atom stereocenters. The van der Waals surface area contributed by atoms with Gasteiger partial charge in [-0.3, -0.25) is 0 Å². The van der Waals surface area contributed by atoms with E-state index in [9.17, 15) is 9.59 Å². The molecule has 0 unspecified atom stereocenters. The molecule has 0 aliphatic rings. The van der Waals surface area contributed by atoms with Crippen molar-refractivity contribution in [3.63, 3.8) is 0 Å². The summed E-state index contributed by atoms with van der Waals surface area (Å²) in [5.41, 5.74) is 4.71. The van der Waals surface area contributed by atoms with E-state index >= 15 is 0 Å². The van der Waals surface area contributed by atoms with Crippen molar-refractivity contribution < 1.29 is 28.5 Å². The summed E-state index contributed by atoms with van der Waals surface area (Å²) in [4.78, 5) is 22.4. The summed E-state index contributed by atoms with van der Waals surface area (Å²) >= 11 is 0. The van der Waals surface area contributed by atoms with Gasteiger partial charge in [-0.2, -0.15) is 0 Å². The number of carbonyl (C=O) groups is 2. The number of carbonyl (C=O) groups excluding carboxylic acids is 2. The largest absolute Gasteiger partial charge is 0.447 e. The van der Waals surface area contributed by atoms with Crippen molar-refractivity contribution in [2.75, 3.05) is 52.7 Å². The Balaban J connectivity index is 3.28. The second-order valence-electron chi connectivity index (χ2n) is 5.50. The molecule has 9 heteroatoms. The van der Waals surface area contributed by atoms with Crippen LogP contribution < -0.4 is 16.4 Å². The lowest BCUT2D eigenvalue weighted by molar-refractivity contribution is 0.0262. The maximum Gasteiger partial charge on any atom is 0.407 e. The van der Waals surface area contributed by atoms with Gasteiger partial charge in [0.25, 0.3) is 0 Å². The number of ether oxygens (including phenoxy) is 4. The molecule has 0 radical (unpaired) electrons. The summed E-state index contributed by atoms with van der Waals surface area (Å²) in [6.07, 6.45) is -0.981. The highest BCUT2D eigenvalue weighted by Crippen LogP contribution is 2.05. The summed E-state index contributed by atoms with van der Waals surface area (Å²) in [5.74, 6) is 0. The molecule has 0 heterocycles. The Morgan fingerprint density at radius 3 is 2.04 bits per heavy atom. The van der Waals surface area contributed by atoms with Crippen LogP contribution in [-0.2, 0) is 18.9 Å². The molecule has 0 rings (SSSR count). The molecule has 2 amide bonds. The number of nitrogens with one attached hydrogen (secondary N) is 2. The first-order valence-electron chi connectivity index (χ1n) is 7.58. The average molecular weight is 335 g/mol. The maximum absolute atomic E-state index is 11.3. The average Bonchev–Trinajstić information content (AvgIpc) is 2.45. The van der Waals surface area contributed by atoms with Gasteiger partial charge in [0.2, 0.25) is 0 Å². The molecule has 0 aliphatic carbocycles. The van der Waals surface area contributed by atoms with Gasteiger partial charge in [-0.15, -0.1) is 0 Å². The number of nitrogens with two attached hydrogens (primary N) is 1. The Morgan fingerprint density at radius 1 is 0.870 bits per heavy atom. The molecule has 0 saturated carbocycles. The molecule has 0 aromatic heterocycles. The smallest absolute Gasteiger partial charge is 0.407 e. The number of hydrogen-bond acceptors (Lipinski definition) is 7.